The van der Waals surface area contributed by atoms with E-state index in [1.54, 1.807) is 0 Å². The van der Waals surface area contributed by atoms with Gasteiger partial charge in [-0.25, -0.2) is 9.78 Å². The van der Waals surface area contributed by atoms with E-state index in [4.69, 9.17) is 9.52 Å². The Hall–Kier alpha value is -2.66. The number of aryl methyl sites for hydroxylation is 1. The lowest BCUT2D eigenvalue weighted by Gasteiger charge is -1.94. The van der Waals surface area contributed by atoms with Gasteiger partial charge < -0.3 is 9.52 Å². The van der Waals surface area contributed by atoms with E-state index in [0.717, 1.165) is 10.6 Å². The minimum absolute atomic E-state index is 0.125. The fourth-order valence-electron chi connectivity index (χ4n) is 2.00. The summed E-state index contributed by atoms with van der Waals surface area (Å²) < 4.78 is 5.24. The number of furan rings is 1. The van der Waals surface area contributed by atoms with Crippen molar-refractivity contribution in [1.29, 1.82) is 0 Å². The van der Waals surface area contributed by atoms with Gasteiger partial charge in [-0.15, -0.1) is 11.3 Å². The molecule has 2 aromatic heterocycles. The van der Waals surface area contributed by atoms with Crippen molar-refractivity contribution in [3.63, 3.8) is 0 Å². The van der Waals surface area contributed by atoms with E-state index >= 15 is 0 Å². The number of nitrogens with zero attached hydrogens (tertiary/aromatic N) is 1. The number of hydrogen-bond donors (Lipinski definition) is 1. The molecule has 2 heterocycles. The number of carboxylic acids is 1. The van der Waals surface area contributed by atoms with Crippen molar-refractivity contribution in [2.75, 3.05) is 0 Å². The lowest BCUT2D eigenvalue weighted by Crippen LogP contribution is -1.91. The molecule has 3 rings (SSSR count). The number of benzene rings is 1. The van der Waals surface area contributed by atoms with Crippen LogP contribution in [0.2, 0.25) is 0 Å². The molecule has 0 aliphatic heterocycles. The van der Waals surface area contributed by atoms with Crippen LogP contribution in [0.15, 0.2) is 46.4 Å². The van der Waals surface area contributed by atoms with Crippen LogP contribution >= 0.6 is 11.3 Å². The van der Waals surface area contributed by atoms with Gasteiger partial charge in [-0.1, -0.05) is 35.9 Å². The van der Waals surface area contributed by atoms with Gasteiger partial charge in [0.2, 0.25) is 0 Å². The second-order valence-electron chi connectivity index (χ2n) is 4.82. The number of hydrogen-bond acceptors (Lipinski definition) is 4. The van der Waals surface area contributed by atoms with Gasteiger partial charge in [-0.2, -0.15) is 0 Å². The molecule has 110 valence electrons. The van der Waals surface area contributed by atoms with Crippen LogP contribution in [-0.2, 0) is 0 Å². The Kier molecular flexibility index (Phi) is 3.89. The monoisotopic (exact) mass is 311 g/mol. The molecular weight excluding hydrogens is 298 g/mol. The predicted molar refractivity (Wildman–Crippen MR) is 86.9 cm³/mol. The summed E-state index contributed by atoms with van der Waals surface area (Å²) in [5.41, 5.74) is 3.09. The Labute approximate surface area is 131 Å². The molecule has 0 fully saturated rings. The van der Waals surface area contributed by atoms with Gasteiger partial charge in [-0.05, 0) is 18.6 Å². The quantitative estimate of drug-likeness (QED) is 0.766. The average Bonchev–Trinajstić information content (AvgIpc) is 3.14. The van der Waals surface area contributed by atoms with Crippen molar-refractivity contribution >= 4 is 29.5 Å². The van der Waals surface area contributed by atoms with Crippen molar-refractivity contribution in [3.8, 4) is 11.5 Å². The smallest absolute Gasteiger partial charge is 0.338 e. The van der Waals surface area contributed by atoms with Crippen LogP contribution in [0.5, 0.6) is 0 Å². The van der Waals surface area contributed by atoms with Gasteiger partial charge in [0, 0.05) is 11.4 Å². The van der Waals surface area contributed by atoms with E-state index < -0.39 is 5.97 Å². The van der Waals surface area contributed by atoms with Crippen molar-refractivity contribution in [2.45, 2.75) is 6.92 Å². The highest BCUT2D eigenvalue weighted by atomic mass is 32.1. The van der Waals surface area contributed by atoms with Gasteiger partial charge >= 0.3 is 5.97 Å². The topological polar surface area (TPSA) is 63.3 Å². The molecule has 3 aromatic rings. The highest BCUT2D eigenvalue weighted by Crippen LogP contribution is 2.25. The fourth-order valence-corrected chi connectivity index (χ4v) is 2.70. The lowest BCUT2D eigenvalue weighted by molar-refractivity contribution is 0.0696. The molecule has 1 N–H and O–H groups in total. The Morgan fingerprint density at radius 2 is 2.18 bits per heavy atom. The number of rotatable bonds is 4. The fraction of sp³-hybridized carbons (Fsp3) is 0.0588. The number of aromatic carboxylic acids is 1. The first-order valence-corrected chi connectivity index (χ1v) is 7.52. The number of thiazole rings is 1. The van der Waals surface area contributed by atoms with Gasteiger partial charge in [0.05, 0.1) is 5.56 Å². The molecule has 22 heavy (non-hydrogen) atoms. The van der Waals surface area contributed by atoms with Crippen LogP contribution in [0.1, 0.15) is 26.5 Å². The third kappa shape index (κ3) is 3.15. The van der Waals surface area contributed by atoms with Gasteiger partial charge in [0.25, 0.3) is 0 Å². The summed E-state index contributed by atoms with van der Waals surface area (Å²) in [5.74, 6) is -0.548. The first-order valence-electron chi connectivity index (χ1n) is 6.64. The third-order valence-electron chi connectivity index (χ3n) is 3.08. The minimum atomic E-state index is -1.01. The summed E-state index contributed by atoms with van der Waals surface area (Å²) in [6, 6.07) is 9.67. The molecule has 0 radical (unpaired) electrons. The van der Waals surface area contributed by atoms with E-state index in [0.29, 0.717) is 11.5 Å². The van der Waals surface area contributed by atoms with Gasteiger partial charge in [0.1, 0.15) is 17.0 Å². The molecule has 0 spiro atoms. The van der Waals surface area contributed by atoms with Crippen molar-refractivity contribution in [2.24, 2.45) is 0 Å². The predicted octanol–water partition coefficient (Wildman–Crippen LogP) is 4.58. The van der Waals surface area contributed by atoms with E-state index in [1.807, 2.05) is 29.7 Å². The maximum Gasteiger partial charge on any atom is 0.338 e. The van der Waals surface area contributed by atoms with E-state index in [2.05, 4.69) is 24.0 Å². The largest absolute Gasteiger partial charge is 0.478 e. The molecule has 1 aromatic carbocycles. The molecule has 0 atom stereocenters. The van der Waals surface area contributed by atoms with Gasteiger partial charge in [0.15, 0.2) is 5.76 Å². The Morgan fingerprint density at radius 3 is 2.91 bits per heavy atom. The zero-order chi connectivity index (χ0) is 15.5. The van der Waals surface area contributed by atoms with Crippen molar-refractivity contribution in [1.82, 2.24) is 4.98 Å². The molecule has 4 nitrogen and oxygen atoms in total. The Bertz CT molecular complexity index is 845. The molecule has 0 saturated heterocycles. The number of carbonyl (C=O) groups is 1. The zero-order valence-electron chi connectivity index (χ0n) is 11.8. The zero-order valence-corrected chi connectivity index (χ0v) is 12.6. The molecule has 0 aliphatic rings. The second kappa shape index (κ2) is 5.99. The van der Waals surface area contributed by atoms with Crippen LogP contribution < -0.4 is 0 Å². The molecular formula is C17H13NO3S. The summed E-state index contributed by atoms with van der Waals surface area (Å²) >= 11 is 1.48. The summed E-state index contributed by atoms with van der Waals surface area (Å²) in [5, 5.41) is 11.6. The van der Waals surface area contributed by atoms with Gasteiger partial charge in [-0.3, -0.25) is 0 Å². The molecule has 5 heteroatoms. The molecule has 0 aliphatic carbocycles. The van der Waals surface area contributed by atoms with E-state index in [9.17, 15) is 4.79 Å². The number of carboxylic acid groups (broad SMARTS) is 1. The molecule has 0 unspecified atom stereocenters. The molecule has 0 saturated carbocycles. The molecule has 0 bridgehead atoms. The first-order chi connectivity index (χ1) is 10.6. The Balaban J connectivity index is 1.80. The number of aromatic nitrogens is 1. The average molecular weight is 311 g/mol. The van der Waals surface area contributed by atoms with Crippen LogP contribution in [0, 0.1) is 6.92 Å². The van der Waals surface area contributed by atoms with Crippen molar-refractivity contribution < 1.29 is 14.3 Å². The lowest BCUT2D eigenvalue weighted by atomic mass is 10.1. The standard InChI is InChI=1S/C17H13NO3S/c1-11-3-2-4-12(7-11)5-6-16-18-14(10-22-16)15-8-13(9-21-15)17(19)20/h2-10H,1H3,(H,19,20)/b6-5+. The maximum absolute atomic E-state index is 10.8. The molecule has 0 amide bonds. The minimum Gasteiger partial charge on any atom is -0.478 e. The van der Waals surface area contributed by atoms with Crippen LogP contribution in [0.25, 0.3) is 23.6 Å². The summed E-state index contributed by atoms with van der Waals surface area (Å²) in [6.45, 7) is 2.05. The maximum atomic E-state index is 10.8. The highest BCUT2D eigenvalue weighted by molar-refractivity contribution is 7.10. The van der Waals surface area contributed by atoms with Crippen LogP contribution in [-0.4, -0.2) is 16.1 Å². The first kappa shape index (κ1) is 14.3. The summed E-state index contributed by atoms with van der Waals surface area (Å²) in [7, 11) is 0. The van der Waals surface area contributed by atoms with E-state index in [-0.39, 0.29) is 5.56 Å². The van der Waals surface area contributed by atoms with E-state index in [1.165, 1.54) is 29.2 Å². The van der Waals surface area contributed by atoms with Crippen LogP contribution in [0.4, 0.5) is 0 Å². The summed E-state index contributed by atoms with van der Waals surface area (Å²) in [4.78, 5) is 15.3. The summed E-state index contributed by atoms with van der Waals surface area (Å²) in [6.07, 6.45) is 5.16. The van der Waals surface area contributed by atoms with Crippen molar-refractivity contribution in [3.05, 3.63) is 63.7 Å². The highest BCUT2D eigenvalue weighted by Gasteiger charge is 2.11. The Morgan fingerprint density at radius 1 is 1.32 bits per heavy atom. The third-order valence-corrected chi connectivity index (χ3v) is 3.89. The normalized spacial score (nSPS) is 11.1. The van der Waals surface area contributed by atoms with Crippen LogP contribution in [0.3, 0.4) is 0 Å². The second-order valence-corrected chi connectivity index (χ2v) is 5.71. The SMILES string of the molecule is Cc1cccc(/C=C/c2nc(-c3cc(C(=O)O)co3)cs2)c1.